The summed E-state index contributed by atoms with van der Waals surface area (Å²) in [5.41, 5.74) is 8.13. The summed E-state index contributed by atoms with van der Waals surface area (Å²) in [7, 11) is 4.16. The number of nitrogens with zero attached hydrogens (tertiary/aromatic N) is 2. The van der Waals surface area contributed by atoms with Gasteiger partial charge in [-0.3, -0.25) is 9.69 Å². The van der Waals surface area contributed by atoms with Crippen LogP contribution in [-0.4, -0.2) is 38.0 Å². The number of likely N-dealkylation sites (tertiary alicyclic amines) is 1. The van der Waals surface area contributed by atoms with Crippen LogP contribution in [0.4, 0.5) is 5.69 Å². The largest absolute Gasteiger partial charge is 0.378 e. The molecule has 34 heavy (non-hydrogen) atoms. The molecule has 0 unspecified atom stereocenters. The third-order valence-electron chi connectivity index (χ3n) is 6.98. The molecule has 1 fully saturated rings. The topological polar surface area (TPSA) is 35.6 Å². The van der Waals surface area contributed by atoms with E-state index in [1.165, 1.54) is 35.2 Å². The maximum atomic E-state index is 12.6. The van der Waals surface area contributed by atoms with Gasteiger partial charge in [0.1, 0.15) is 0 Å². The van der Waals surface area contributed by atoms with E-state index in [2.05, 4.69) is 83.8 Å². The smallest absolute Gasteiger partial charge is 0.251 e. The standard InChI is InChI=1S/C30H37N3O/c1-22-5-14-29(23(2)19-22)30(34)31-20-24-6-10-26(11-7-24)27-15-17-33(18-16-27)21-25-8-12-28(13-9-25)32(3)4/h5-14,19,27H,15-18,20-21H2,1-4H3,(H,31,34). The highest BCUT2D eigenvalue weighted by molar-refractivity contribution is 5.95. The fourth-order valence-electron chi connectivity index (χ4n) is 4.84. The average Bonchev–Trinajstić information content (AvgIpc) is 2.84. The van der Waals surface area contributed by atoms with E-state index in [9.17, 15) is 4.79 Å². The summed E-state index contributed by atoms with van der Waals surface area (Å²) in [5, 5.41) is 3.06. The molecule has 0 saturated carbocycles. The van der Waals surface area contributed by atoms with Crippen LogP contribution in [0.3, 0.4) is 0 Å². The number of nitrogens with one attached hydrogen (secondary N) is 1. The number of aryl methyl sites for hydroxylation is 2. The number of carbonyl (C=O) groups is 1. The highest BCUT2D eigenvalue weighted by atomic mass is 16.1. The Kier molecular flexibility index (Phi) is 7.69. The first-order valence-electron chi connectivity index (χ1n) is 12.3. The highest BCUT2D eigenvalue weighted by Crippen LogP contribution is 2.29. The Balaban J connectivity index is 1.25. The van der Waals surface area contributed by atoms with Crippen LogP contribution in [0, 0.1) is 13.8 Å². The van der Waals surface area contributed by atoms with Gasteiger partial charge in [0.2, 0.25) is 0 Å². The first-order valence-corrected chi connectivity index (χ1v) is 12.3. The summed E-state index contributed by atoms with van der Waals surface area (Å²) < 4.78 is 0. The Labute approximate surface area is 204 Å². The lowest BCUT2D eigenvalue weighted by Gasteiger charge is -2.32. The third-order valence-corrected chi connectivity index (χ3v) is 6.98. The highest BCUT2D eigenvalue weighted by Gasteiger charge is 2.20. The zero-order valence-electron chi connectivity index (χ0n) is 21.0. The number of hydrogen-bond donors (Lipinski definition) is 1. The van der Waals surface area contributed by atoms with Crippen LogP contribution in [0.15, 0.2) is 66.7 Å². The first kappa shape index (κ1) is 24.0. The quantitative estimate of drug-likeness (QED) is 0.498. The fraction of sp³-hybridized carbons (Fsp3) is 0.367. The summed E-state index contributed by atoms with van der Waals surface area (Å²) in [4.78, 5) is 17.3. The average molecular weight is 456 g/mol. The van der Waals surface area contributed by atoms with Crippen molar-refractivity contribution in [2.45, 2.75) is 45.7 Å². The molecule has 0 aliphatic carbocycles. The molecule has 0 radical (unpaired) electrons. The van der Waals surface area contributed by atoms with Crippen LogP contribution in [0.2, 0.25) is 0 Å². The molecular weight excluding hydrogens is 418 g/mol. The van der Waals surface area contributed by atoms with E-state index in [-0.39, 0.29) is 5.91 Å². The minimum absolute atomic E-state index is 0.00898. The van der Waals surface area contributed by atoms with Gasteiger partial charge in [0.15, 0.2) is 0 Å². The molecule has 0 aromatic heterocycles. The van der Waals surface area contributed by atoms with E-state index in [4.69, 9.17) is 0 Å². The van der Waals surface area contributed by atoms with E-state index in [1.54, 1.807) is 0 Å². The second kappa shape index (κ2) is 10.9. The first-order chi connectivity index (χ1) is 16.4. The number of anilines is 1. The van der Waals surface area contributed by atoms with Crippen molar-refractivity contribution in [3.8, 4) is 0 Å². The minimum atomic E-state index is -0.00898. The van der Waals surface area contributed by atoms with Crippen LogP contribution >= 0.6 is 0 Å². The van der Waals surface area contributed by atoms with Gasteiger partial charge in [-0.1, -0.05) is 54.1 Å². The molecule has 0 atom stereocenters. The minimum Gasteiger partial charge on any atom is -0.378 e. The molecule has 1 N–H and O–H groups in total. The van der Waals surface area contributed by atoms with E-state index in [0.29, 0.717) is 12.5 Å². The Morgan fingerprint density at radius 1 is 0.912 bits per heavy atom. The second-order valence-electron chi connectivity index (χ2n) is 9.85. The van der Waals surface area contributed by atoms with Crippen molar-refractivity contribution < 1.29 is 4.79 Å². The molecule has 4 rings (SSSR count). The van der Waals surface area contributed by atoms with Crippen LogP contribution in [0.1, 0.15) is 56.9 Å². The van der Waals surface area contributed by atoms with E-state index < -0.39 is 0 Å². The number of rotatable bonds is 7. The molecule has 1 amide bonds. The molecule has 0 spiro atoms. The lowest BCUT2D eigenvalue weighted by molar-refractivity contribution is 0.0950. The fourth-order valence-corrected chi connectivity index (χ4v) is 4.84. The van der Waals surface area contributed by atoms with Crippen molar-refractivity contribution in [3.63, 3.8) is 0 Å². The van der Waals surface area contributed by atoms with Gasteiger partial charge in [0, 0.05) is 38.4 Å². The number of amides is 1. The van der Waals surface area contributed by atoms with Gasteiger partial charge < -0.3 is 10.2 Å². The van der Waals surface area contributed by atoms with E-state index in [0.717, 1.165) is 36.3 Å². The van der Waals surface area contributed by atoms with Gasteiger partial charge in [0.25, 0.3) is 5.91 Å². The zero-order chi connectivity index (χ0) is 24.1. The molecule has 1 heterocycles. The molecule has 3 aromatic carbocycles. The zero-order valence-corrected chi connectivity index (χ0v) is 21.0. The van der Waals surface area contributed by atoms with Gasteiger partial charge >= 0.3 is 0 Å². The van der Waals surface area contributed by atoms with Crippen molar-refractivity contribution in [1.29, 1.82) is 0 Å². The van der Waals surface area contributed by atoms with Crippen molar-refractivity contribution in [1.82, 2.24) is 10.2 Å². The van der Waals surface area contributed by atoms with E-state index >= 15 is 0 Å². The summed E-state index contributed by atoms with van der Waals surface area (Å²) in [6, 6.07) is 23.7. The van der Waals surface area contributed by atoms with E-state index in [1.807, 2.05) is 26.0 Å². The van der Waals surface area contributed by atoms with Gasteiger partial charge in [-0.15, -0.1) is 0 Å². The van der Waals surface area contributed by atoms with Gasteiger partial charge in [0.05, 0.1) is 0 Å². The van der Waals surface area contributed by atoms with Gasteiger partial charge in [-0.25, -0.2) is 0 Å². The predicted molar refractivity (Wildman–Crippen MR) is 142 cm³/mol. The van der Waals surface area contributed by atoms with Crippen LogP contribution in [-0.2, 0) is 13.1 Å². The molecule has 4 heteroatoms. The lowest BCUT2D eigenvalue weighted by Crippen LogP contribution is -2.32. The number of carbonyl (C=O) groups excluding carboxylic acids is 1. The van der Waals surface area contributed by atoms with Crippen LogP contribution in [0.5, 0.6) is 0 Å². The van der Waals surface area contributed by atoms with Crippen LogP contribution < -0.4 is 10.2 Å². The predicted octanol–water partition coefficient (Wildman–Crippen LogP) is 5.68. The molecule has 0 bridgehead atoms. The summed E-state index contributed by atoms with van der Waals surface area (Å²) in [5.74, 6) is 0.608. The van der Waals surface area contributed by atoms with Gasteiger partial charge in [-0.2, -0.15) is 0 Å². The Morgan fingerprint density at radius 2 is 1.56 bits per heavy atom. The van der Waals surface area contributed by atoms with Crippen molar-refractivity contribution in [2.24, 2.45) is 0 Å². The SMILES string of the molecule is Cc1ccc(C(=O)NCc2ccc(C3CCN(Cc4ccc(N(C)C)cc4)CC3)cc2)c(C)c1. The van der Waals surface area contributed by atoms with Crippen molar-refractivity contribution in [3.05, 3.63) is 100 Å². The van der Waals surface area contributed by atoms with Gasteiger partial charge in [-0.05, 0) is 86.1 Å². The molecule has 1 saturated heterocycles. The lowest BCUT2D eigenvalue weighted by atomic mass is 9.89. The maximum absolute atomic E-state index is 12.6. The molecule has 1 aliphatic rings. The number of benzene rings is 3. The van der Waals surface area contributed by atoms with Crippen molar-refractivity contribution in [2.75, 3.05) is 32.1 Å². The summed E-state index contributed by atoms with van der Waals surface area (Å²) in [6.07, 6.45) is 2.39. The normalized spacial score (nSPS) is 14.7. The van der Waals surface area contributed by atoms with Crippen LogP contribution in [0.25, 0.3) is 0 Å². The molecular formula is C30H37N3O. The maximum Gasteiger partial charge on any atom is 0.251 e. The number of piperidine rings is 1. The molecule has 178 valence electrons. The monoisotopic (exact) mass is 455 g/mol. The van der Waals surface area contributed by atoms with Crippen molar-refractivity contribution >= 4 is 11.6 Å². The Bertz CT molecular complexity index is 1090. The molecule has 1 aliphatic heterocycles. The molecule has 3 aromatic rings. The second-order valence-corrected chi connectivity index (χ2v) is 9.85. The summed E-state index contributed by atoms with van der Waals surface area (Å²) in [6.45, 7) is 7.88. The number of hydrogen-bond acceptors (Lipinski definition) is 3. The Morgan fingerprint density at radius 3 is 2.18 bits per heavy atom. The third kappa shape index (κ3) is 6.06. The Hall–Kier alpha value is -3.11. The summed E-state index contributed by atoms with van der Waals surface area (Å²) >= 11 is 0. The molecule has 4 nitrogen and oxygen atoms in total.